The Hall–Kier alpha value is -4.56. The molecule has 4 atom stereocenters. The van der Waals surface area contributed by atoms with Crippen LogP contribution in [0, 0.1) is 5.82 Å². The lowest BCUT2D eigenvalue weighted by atomic mass is 10.0. The van der Waals surface area contributed by atoms with Gasteiger partial charge in [0.2, 0.25) is 11.8 Å². The van der Waals surface area contributed by atoms with Gasteiger partial charge in [-0.1, -0.05) is 6.07 Å². The molecule has 254 valence electrons. The lowest BCUT2D eigenvalue weighted by molar-refractivity contribution is 0.0540. The average Bonchev–Trinajstić information content (AvgIpc) is 3.48. The zero-order valence-electron chi connectivity index (χ0n) is 27.6. The highest BCUT2D eigenvalue weighted by atomic mass is 19.1. The highest BCUT2D eigenvalue weighted by molar-refractivity contribution is 6.03. The number of carbonyl (C=O) groups is 2. The number of anilines is 4. The lowest BCUT2D eigenvalue weighted by Crippen LogP contribution is -2.47. The number of β-amino-alcohol motifs (C(OH)–C–C–N with tert-alkyl or cyclic N) is 1. The molecular formula is C34H41FN8O5. The number of halogens is 1. The summed E-state index contributed by atoms with van der Waals surface area (Å²) in [5.41, 5.74) is 0.456. The van der Waals surface area contributed by atoms with Crippen molar-refractivity contribution in [1.82, 2.24) is 19.9 Å². The third-order valence-electron chi connectivity index (χ3n) is 9.51. The zero-order chi connectivity index (χ0) is 33.7. The number of urea groups is 1. The Bertz CT molecular complexity index is 1710. The maximum absolute atomic E-state index is 15.7. The molecule has 48 heavy (non-hydrogen) atoms. The van der Waals surface area contributed by atoms with Crippen molar-refractivity contribution < 1.29 is 28.6 Å². The number of rotatable bonds is 6. The minimum absolute atomic E-state index is 0.0498. The first-order valence-electron chi connectivity index (χ1n) is 16.5. The van der Waals surface area contributed by atoms with Crippen molar-refractivity contribution in [3.05, 3.63) is 47.9 Å². The number of aliphatic hydroxyl groups excluding tert-OH is 1. The van der Waals surface area contributed by atoms with Crippen LogP contribution in [0.1, 0.15) is 57.3 Å². The first kappa shape index (κ1) is 32.0. The van der Waals surface area contributed by atoms with Gasteiger partial charge in [0, 0.05) is 24.7 Å². The lowest BCUT2D eigenvalue weighted by Gasteiger charge is -2.35. The second-order valence-electron chi connectivity index (χ2n) is 13.6. The summed E-state index contributed by atoms with van der Waals surface area (Å²) in [7, 11) is 0. The van der Waals surface area contributed by atoms with E-state index < -0.39 is 23.6 Å². The summed E-state index contributed by atoms with van der Waals surface area (Å²) >= 11 is 0. The predicted molar refractivity (Wildman–Crippen MR) is 178 cm³/mol. The number of ether oxygens (including phenoxy) is 2. The van der Waals surface area contributed by atoms with Crippen molar-refractivity contribution in [2.24, 2.45) is 0 Å². The number of amides is 3. The maximum atomic E-state index is 15.7. The van der Waals surface area contributed by atoms with E-state index in [2.05, 4.69) is 20.5 Å². The third-order valence-corrected chi connectivity index (χ3v) is 9.51. The molecule has 4 aliphatic rings. The molecule has 0 spiro atoms. The summed E-state index contributed by atoms with van der Waals surface area (Å²) in [5, 5.41) is 15.2. The number of hydrogen-bond donors (Lipinski definition) is 3. The summed E-state index contributed by atoms with van der Waals surface area (Å²) in [6, 6.07) is 7.51. The van der Waals surface area contributed by atoms with Crippen molar-refractivity contribution >= 4 is 35.1 Å². The fourth-order valence-corrected chi connectivity index (χ4v) is 7.21. The number of fused-ring (bicyclic) bond motifs is 3. The second kappa shape index (κ2) is 12.5. The second-order valence-corrected chi connectivity index (χ2v) is 13.6. The smallest absolute Gasteiger partial charge is 0.323 e. The Kier molecular flexibility index (Phi) is 8.32. The van der Waals surface area contributed by atoms with Gasteiger partial charge >= 0.3 is 6.03 Å². The first-order valence-corrected chi connectivity index (χ1v) is 16.5. The molecule has 2 bridgehead atoms. The molecule has 4 aliphatic heterocycles. The molecule has 0 radical (unpaired) electrons. The van der Waals surface area contributed by atoms with Crippen LogP contribution in [0.25, 0.3) is 11.3 Å². The molecule has 13 nitrogen and oxygen atoms in total. The van der Waals surface area contributed by atoms with E-state index in [1.807, 2.05) is 32.6 Å². The number of morpholine rings is 1. The van der Waals surface area contributed by atoms with Gasteiger partial charge in [-0.3, -0.25) is 4.79 Å². The summed E-state index contributed by atoms with van der Waals surface area (Å²) in [4.78, 5) is 46.8. The van der Waals surface area contributed by atoms with Gasteiger partial charge in [0.25, 0.3) is 5.91 Å². The van der Waals surface area contributed by atoms with Crippen LogP contribution in [0.2, 0.25) is 0 Å². The molecule has 6 heterocycles. The summed E-state index contributed by atoms with van der Waals surface area (Å²) < 4.78 is 27.9. The van der Waals surface area contributed by atoms with Crippen molar-refractivity contribution in [3.8, 4) is 17.1 Å². The number of hydrogen-bond acceptors (Lipinski definition) is 10. The van der Waals surface area contributed by atoms with Crippen molar-refractivity contribution in [1.29, 1.82) is 0 Å². The number of benzene rings is 1. The van der Waals surface area contributed by atoms with Gasteiger partial charge in [-0.05, 0) is 71.2 Å². The van der Waals surface area contributed by atoms with Crippen LogP contribution in [-0.2, 0) is 4.74 Å². The van der Waals surface area contributed by atoms with Crippen molar-refractivity contribution in [3.63, 3.8) is 0 Å². The normalized spacial score (nSPS) is 24.6. The molecule has 2 aromatic heterocycles. The summed E-state index contributed by atoms with van der Waals surface area (Å²) in [5.74, 6) is 0.302. The number of likely N-dealkylation sites (N-methyl/N-ethyl adjacent to an activating group) is 1. The van der Waals surface area contributed by atoms with Crippen molar-refractivity contribution in [2.45, 2.75) is 76.8 Å². The first-order chi connectivity index (χ1) is 23.0. The van der Waals surface area contributed by atoms with E-state index in [0.717, 1.165) is 12.8 Å². The SMILES string of the molecule is CCN1CC(C)(C)Oc2nc(N3C4CCC3COC4)nc(-c3ccc(NC(=O)Nc4ccc(N5C[C@@H](O)C[C@H]5C)nc4)c(F)c3)c2C1=O. The number of aliphatic hydroxyl groups is 1. The highest BCUT2D eigenvalue weighted by Gasteiger charge is 2.42. The molecule has 7 rings (SSSR count). The molecule has 3 amide bonds. The predicted octanol–water partition coefficient (Wildman–Crippen LogP) is 4.28. The zero-order valence-corrected chi connectivity index (χ0v) is 27.6. The Morgan fingerprint density at radius 2 is 1.90 bits per heavy atom. The van der Waals surface area contributed by atoms with Crippen LogP contribution < -0.4 is 25.2 Å². The molecule has 3 N–H and O–H groups in total. The third kappa shape index (κ3) is 6.10. The Balaban J connectivity index is 1.16. The fourth-order valence-electron chi connectivity index (χ4n) is 7.21. The Morgan fingerprint density at radius 1 is 1.12 bits per heavy atom. The van der Waals surface area contributed by atoms with Gasteiger partial charge in [0.15, 0.2) is 0 Å². The monoisotopic (exact) mass is 660 g/mol. The molecule has 0 aliphatic carbocycles. The average molecular weight is 661 g/mol. The topological polar surface area (TPSA) is 145 Å². The molecule has 3 fully saturated rings. The van der Waals surface area contributed by atoms with Gasteiger partial charge in [0.05, 0.1) is 61.2 Å². The van der Waals surface area contributed by atoms with Crippen LogP contribution >= 0.6 is 0 Å². The maximum Gasteiger partial charge on any atom is 0.323 e. The number of aromatic nitrogens is 3. The van der Waals surface area contributed by atoms with E-state index >= 15 is 4.39 Å². The fraction of sp³-hybridized carbons (Fsp3) is 0.500. The van der Waals surface area contributed by atoms with E-state index in [4.69, 9.17) is 19.4 Å². The van der Waals surface area contributed by atoms with Crippen LogP contribution in [0.4, 0.5) is 32.3 Å². The van der Waals surface area contributed by atoms with E-state index in [0.29, 0.717) is 62.3 Å². The molecule has 2 unspecified atom stereocenters. The number of nitrogens with zero attached hydrogens (tertiary/aromatic N) is 6. The van der Waals surface area contributed by atoms with E-state index in [-0.39, 0.29) is 46.9 Å². The summed E-state index contributed by atoms with van der Waals surface area (Å²) in [6.07, 6.45) is 3.67. The van der Waals surface area contributed by atoms with Gasteiger partial charge in [-0.25, -0.2) is 19.2 Å². The number of pyridine rings is 1. The minimum atomic E-state index is -0.721. The Morgan fingerprint density at radius 3 is 2.54 bits per heavy atom. The van der Waals surface area contributed by atoms with Gasteiger partial charge in [-0.15, -0.1) is 0 Å². The summed E-state index contributed by atoms with van der Waals surface area (Å²) in [6.45, 7) is 10.2. The molecule has 0 saturated carbocycles. The minimum Gasteiger partial charge on any atom is -0.469 e. The van der Waals surface area contributed by atoms with Crippen LogP contribution in [0.15, 0.2) is 36.5 Å². The molecule has 3 aromatic rings. The highest BCUT2D eigenvalue weighted by Crippen LogP contribution is 2.40. The molecule has 1 aromatic carbocycles. The van der Waals surface area contributed by atoms with Gasteiger partial charge in [0.1, 0.15) is 22.8 Å². The van der Waals surface area contributed by atoms with Crippen molar-refractivity contribution in [2.75, 3.05) is 53.3 Å². The number of nitrogens with one attached hydrogen (secondary N) is 2. The largest absolute Gasteiger partial charge is 0.469 e. The van der Waals surface area contributed by atoms with E-state index in [9.17, 15) is 14.7 Å². The van der Waals surface area contributed by atoms with Crippen LogP contribution in [0.5, 0.6) is 5.88 Å². The van der Waals surface area contributed by atoms with E-state index in [1.54, 1.807) is 23.1 Å². The quantitative estimate of drug-likeness (QED) is 0.350. The van der Waals surface area contributed by atoms with Crippen LogP contribution in [-0.4, -0.2) is 99.6 Å². The number of carbonyl (C=O) groups excluding carboxylic acids is 2. The molecule has 3 saturated heterocycles. The molecule has 14 heteroatoms. The van der Waals surface area contributed by atoms with Gasteiger partial charge in [-0.2, -0.15) is 4.98 Å². The van der Waals surface area contributed by atoms with E-state index in [1.165, 1.54) is 18.3 Å². The standard InChI is InChI=1S/C34H41FN8O5/c1-5-41-18-34(3,4)48-30-28(31(41)45)29(39-32(40-30)43-22-8-9-23(43)17-47-16-22)20-6-10-26(25(35)13-20)38-33(46)37-21-7-11-27(36-14-21)42-15-24(44)12-19(42)2/h6-7,10-11,13-14,19,22-24,44H,5,8-9,12,15-18H2,1-4H3,(H2,37,38,46)/t19-,22?,23?,24+/m1/s1. The molecular weight excluding hydrogens is 619 g/mol. The van der Waals surface area contributed by atoms with Crippen LogP contribution in [0.3, 0.4) is 0 Å². The Labute approximate surface area is 278 Å². The van der Waals surface area contributed by atoms with Gasteiger partial charge < -0.3 is 39.9 Å².